The molecule has 152 valence electrons. The van der Waals surface area contributed by atoms with Crippen molar-refractivity contribution in [2.45, 2.75) is 45.4 Å². The molecule has 1 unspecified atom stereocenters. The van der Waals surface area contributed by atoms with Crippen molar-refractivity contribution in [2.75, 3.05) is 19.0 Å². The molecule has 0 spiro atoms. The van der Waals surface area contributed by atoms with Gasteiger partial charge in [-0.1, -0.05) is 0 Å². The smallest absolute Gasteiger partial charge is 0.412 e. The van der Waals surface area contributed by atoms with Gasteiger partial charge in [0, 0.05) is 11.6 Å². The Balaban J connectivity index is 3.02. The van der Waals surface area contributed by atoms with Crippen LogP contribution >= 0.6 is 0 Å². The molecule has 0 saturated heterocycles. The highest BCUT2D eigenvalue weighted by Crippen LogP contribution is 2.32. The highest BCUT2D eigenvalue weighted by atomic mass is 19.4. The highest BCUT2D eigenvalue weighted by molar-refractivity contribution is 5.87. The van der Waals surface area contributed by atoms with Gasteiger partial charge in [0.2, 0.25) is 5.91 Å². The Bertz CT molecular complexity index is 699. The van der Waals surface area contributed by atoms with Crippen molar-refractivity contribution in [2.24, 2.45) is 0 Å². The zero-order valence-electron chi connectivity index (χ0n) is 15.6. The second-order valence-corrected chi connectivity index (χ2v) is 6.76. The maximum Gasteiger partial charge on any atom is 0.412 e. The Morgan fingerprint density at radius 1 is 1.19 bits per heavy atom. The molecule has 10 heteroatoms. The summed E-state index contributed by atoms with van der Waals surface area (Å²) in [6.07, 6.45) is -5.46. The summed E-state index contributed by atoms with van der Waals surface area (Å²) in [5, 5.41) is 3.95. The summed E-state index contributed by atoms with van der Waals surface area (Å²) in [5.41, 5.74) is -1.02. The van der Waals surface area contributed by atoms with Crippen LogP contribution in [0.1, 0.15) is 39.2 Å². The molecule has 27 heavy (non-hydrogen) atoms. The summed E-state index contributed by atoms with van der Waals surface area (Å²) in [6, 6.07) is 2.05. The Kier molecular flexibility index (Phi) is 7.05. The van der Waals surface area contributed by atoms with Gasteiger partial charge in [-0.2, -0.15) is 13.2 Å². The predicted molar refractivity (Wildman–Crippen MR) is 90.3 cm³/mol. The van der Waals surface area contributed by atoms with E-state index in [-0.39, 0.29) is 17.0 Å². The molecule has 0 saturated carbocycles. The highest BCUT2D eigenvalue weighted by Gasteiger charge is 2.30. The molecule has 0 aliphatic carbocycles. The lowest BCUT2D eigenvalue weighted by Crippen LogP contribution is -2.36. The van der Waals surface area contributed by atoms with Crippen molar-refractivity contribution in [3.8, 4) is 5.75 Å². The van der Waals surface area contributed by atoms with Crippen LogP contribution in [0.4, 0.5) is 28.0 Å². The van der Waals surface area contributed by atoms with Crippen molar-refractivity contribution in [3.63, 3.8) is 0 Å². The maximum absolute atomic E-state index is 14.3. The van der Waals surface area contributed by atoms with Crippen LogP contribution in [0.15, 0.2) is 12.1 Å². The molecule has 2 amide bonds. The minimum Gasteiger partial charge on any atom is -0.496 e. The van der Waals surface area contributed by atoms with Gasteiger partial charge in [0.1, 0.15) is 23.7 Å². The lowest BCUT2D eigenvalue weighted by molar-refractivity contribution is -0.139. The van der Waals surface area contributed by atoms with E-state index in [4.69, 9.17) is 9.47 Å². The van der Waals surface area contributed by atoms with E-state index in [9.17, 15) is 27.2 Å². The van der Waals surface area contributed by atoms with E-state index < -0.39 is 42.1 Å². The number of methoxy groups -OCH3 is 1. The molecule has 1 rings (SSSR count). The summed E-state index contributed by atoms with van der Waals surface area (Å²) in [6.45, 7) is 4.71. The van der Waals surface area contributed by atoms with E-state index in [1.807, 2.05) is 0 Å². The minimum atomic E-state index is -4.56. The number of hydrogen-bond acceptors (Lipinski definition) is 4. The number of nitrogens with one attached hydrogen (secondary N) is 2. The third-order valence-corrected chi connectivity index (χ3v) is 3.28. The molecule has 0 radical (unpaired) electrons. The number of anilines is 1. The average Bonchev–Trinajstić information content (AvgIpc) is 2.50. The van der Waals surface area contributed by atoms with Crippen LogP contribution in [-0.4, -0.2) is 37.4 Å². The van der Waals surface area contributed by atoms with E-state index >= 15 is 0 Å². The first-order valence-electron chi connectivity index (χ1n) is 7.95. The molecule has 1 aromatic carbocycles. The number of carbonyl (C=O) groups is 2. The van der Waals surface area contributed by atoms with E-state index in [2.05, 4.69) is 5.32 Å². The van der Waals surface area contributed by atoms with Crippen molar-refractivity contribution in [1.29, 1.82) is 0 Å². The molecule has 0 aliphatic heterocycles. The first-order chi connectivity index (χ1) is 12.2. The lowest BCUT2D eigenvalue weighted by Gasteiger charge is -2.21. The molecule has 0 aromatic heterocycles. The van der Waals surface area contributed by atoms with Gasteiger partial charge in [-0.05, 0) is 33.8 Å². The molecule has 0 aliphatic rings. The van der Waals surface area contributed by atoms with Gasteiger partial charge in [-0.25, -0.2) is 9.18 Å². The molecule has 0 heterocycles. The summed E-state index contributed by atoms with van der Waals surface area (Å²) in [7, 11) is 1.24. The molecule has 1 aromatic rings. The van der Waals surface area contributed by atoms with Gasteiger partial charge in [0.25, 0.3) is 0 Å². The van der Waals surface area contributed by atoms with Crippen molar-refractivity contribution < 1.29 is 36.6 Å². The fourth-order valence-corrected chi connectivity index (χ4v) is 2.07. The number of rotatable bonds is 5. The molecule has 0 bridgehead atoms. The number of halogens is 4. The third kappa shape index (κ3) is 7.32. The van der Waals surface area contributed by atoms with Gasteiger partial charge in [-0.15, -0.1) is 0 Å². The van der Waals surface area contributed by atoms with E-state index in [0.717, 1.165) is 12.1 Å². The van der Waals surface area contributed by atoms with Crippen LogP contribution in [-0.2, 0) is 9.53 Å². The second kappa shape index (κ2) is 8.45. The number of carbonyl (C=O) groups excluding carboxylic acids is 2. The Morgan fingerprint density at radius 2 is 1.78 bits per heavy atom. The van der Waals surface area contributed by atoms with Crippen molar-refractivity contribution in [3.05, 3.63) is 23.5 Å². The van der Waals surface area contributed by atoms with Crippen LogP contribution in [0, 0.1) is 5.82 Å². The van der Waals surface area contributed by atoms with Crippen LogP contribution in [0.2, 0.25) is 0 Å². The quantitative estimate of drug-likeness (QED) is 0.741. The molecular formula is C17H22F4N2O4. The Labute approximate surface area is 154 Å². The van der Waals surface area contributed by atoms with Gasteiger partial charge < -0.3 is 14.8 Å². The van der Waals surface area contributed by atoms with E-state index in [1.54, 1.807) is 26.1 Å². The average molecular weight is 394 g/mol. The SMILES string of the molecule is COc1cc(NC(=O)OC(C)(C)C)c(F)cc1C(C)C(=O)NCC(F)(F)F. The number of alkyl halides is 3. The number of hydrogen-bond donors (Lipinski definition) is 2. The third-order valence-electron chi connectivity index (χ3n) is 3.28. The van der Waals surface area contributed by atoms with Gasteiger partial charge in [0.15, 0.2) is 0 Å². The zero-order valence-corrected chi connectivity index (χ0v) is 15.6. The number of ether oxygens (including phenoxy) is 2. The fourth-order valence-electron chi connectivity index (χ4n) is 2.07. The standard InChI is InChI=1S/C17H22F4N2O4/c1-9(14(24)22-8-17(19,20)21)10-6-11(18)12(7-13(10)26-5)23-15(25)27-16(2,3)4/h6-7,9H,8H2,1-5H3,(H,22,24)(H,23,25). The van der Waals surface area contributed by atoms with E-state index in [1.165, 1.54) is 14.0 Å². The normalized spacial score (nSPS) is 12.9. The largest absolute Gasteiger partial charge is 0.496 e. The lowest BCUT2D eigenvalue weighted by atomic mass is 9.98. The van der Waals surface area contributed by atoms with Gasteiger partial charge in [-0.3, -0.25) is 10.1 Å². The summed E-state index contributed by atoms with van der Waals surface area (Å²) in [5.74, 6) is -2.94. The summed E-state index contributed by atoms with van der Waals surface area (Å²) >= 11 is 0. The number of benzene rings is 1. The maximum atomic E-state index is 14.3. The molecule has 0 fully saturated rings. The molecule has 6 nitrogen and oxygen atoms in total. The van der Waals surface area contributed by atoms with Crippen LogP contribution in [0.5, 0.6) is 5.75 Å². The Hall–Kier alpha value is -2.52. The fraction of sp³-hybridized carbons (Fsp3) is 0.529. The van der Waals surface area contributed by atoms with Gasteiger partial charge in [0.05, 0.1) is 18.7 Å². The summed E-state index contributed by atoms with van der Waals surface area (Å²) in [4.78, 5) is 23.7. The molecule has 2 N–H and O–H groups in total. The van der Waals surface area contributed by atoms with Crippen molar-refractivity contribution >= 4 is 17.7 Å². The second-order valence-electron chi connectivity index (χ2n) is 6.76. The van der Waals surface area contributed by atoms with Crippen LogP contribution in [0.3, 0.4) is 0 Å². The van der Waals surface area contributed by atoms with Crippen LogP contribution in [0.25, 0.3) is 0 Å². The molecular weight excluding hydrogens is 372 g/mol. The predicted octanol–water partition coefficient (Wildman–Crippen LogP) is 3.96. The molecule has 1 atom stereocenters. The van der Waals surface area contributed by atoms with Crippen molar-refractivity contribution in [1.82, 2.24) is 5.32 Å². The topological polar surface area (TPSA) is 76.7 Å². The monoisotopic (exact) mass is 394 g/mol. The van der Waals surface area contributed by atoms with Gasteiger partial charge >= 0.3 is 12.3 Å². The minimum absolute atomic E-state index is 0.0251. The Morgan fingerprint density at radius 3 is 2.26 bits per heavy atom. The first kappa shape index (κ1) is 22.5. The number of amides is 2. The van der Waals surface area contributed by atoms with E-state index in [0.29, 0.717) is 0 Å². The summed E-state index contributed by atoms with van der Waals surface area (Å²) < 4.78 is 61.1. The van der Waals surface area contributed by atoms with Crippen LogP contribution < -0.4 is 15.4 Å². The zero-order chi connectivity index (χ0) is 21.0. The first-order valence-corrected chi connectivity index (χ1v) is 7.95.